The Bertz CT molecular complexity index is 774. The molecule has 0 saturated carbocycles. The number of amides is 3. The summed E-state index contributed by atoms with van der Waals surface area (Å²) in [5, 5.41) is 2.34. The van der Waals surface area contributed by atoms with Crippen LogP contribution < -0.4 is 11.1 Å². The van der Waals surface area contributed by atoms with Crippen LogP contribution in [0.25, 0.3) is 0 Å². The van der Waals surface area contributed by atoms with Gasteiger partial charge in [0.25, 0.3) is 5.91 Å². The molecule has 1 aromatic rings. The minimum atomic E-state index is -0.579. The Labute approximate surface area is 159 Å². The molecular weight excluding hydrogens is 344 g/mol. The molecule has 1 atom stereocenters. The summed E-state index contributed by atoms with van der Waals surface area (Å²) in [7, 11) is 2.02. The van der Waals surface area contributed by atoms with E-state index in [1.807, 2.05) is 25.2 Å². The Morgan fingerprint density at radius 1 is 1.30 bits per heavy atom. The summed E-state index contributed by atoms with van der Waals surface area (Å²) < 4.78 is 0. The van der Waals surface area contributed by atoms with Gasteiger partial charge in [-0.1, -0.05) is 32.0 Å². The lowest BCUT2D eigenvalue weighted by Gasteiger charge is -2.30. The van der Waals surface area contributed by atoms with Gasteiger partial charge in [-0.3, -0.25) is 19.7 Å². The molecule has 3 rings (SSSR count). The molecule has 3 amide bonds. The van der Waals surface area contributed by atoms with Gasteiger partial charge in [0.2, 0.25) is 11.8 Å². The van der Waals surface area contributed by atoms with Crippen LogP contribution in [-0.2, 0) is 22.7 Å². The smallest absolute Gasteiger partial charge is 0.255 e. The van der Waals surface area contributed by atoms with Crippen LogP contribution in [0.2, 0.25) is 0 Å². The van der Waals surface area contributed by atoms with E-state index in [-0.39, 0.29) is 29.6 Å². The molecule has 0 bridgehead atoms. The number of nitrogens with zero attached hydrogens (tertiary/aromatic N) is 2. The number of carbonyl (C=O) groups is 3. The second-order valence-electron chi connectivity index (χ2n) is 8.39. The quantitative estimate of drug-likeness (QED) is 0.722. The van der Waals surface area contributed by atoms with Crippen molar-refractivity contribution in [1.82, 2.24) is 15.1 Å². The van der Waals surface area contributed by atoms with E-state index in [1.165, 1.54) is 0 Å². The van der Waals surface area contributed by atoms with Crippen LogP contribution in [0, 0.1) is 5.41 Å². The maximum absolute atomic E-state index is 13.1. The molecular formula is C20H28N4O3. The highest BCUT2D eigenvalue weighted by Crippen LogP contribution is 2.30. The molecule has 1 aromatic carbocycles. The van der Waals surface area contributed by atoms with Crippen molar-refractivity contribution in [2.45, 2.75) is 45.8 Å². The molecule has 146 valence electrons. The van der Waals surface area contributed by atoms with Gasteiger partial charge in [0.15, 0.2) is 0 Å². The number of imide groups is 1. The minimum absolute atomic E-state index is 0.00449. The normalized spacial score (nSPS) is 20.3. The summed E-state index contributed by atoms with van der Waals surface area (Å²) in [4.78, 5) is 40.5. The van der Waals surface area contributed by atoms with Crippen molar-refractivity contribution in [3.05, 3.63) is 34.9 Å². The highest BCUT2D eigenvalue weighted by molar-refractivity contribution is 6.05. The average molecular weight is 372 g/mol. The molecule has 2 aliphatic rings. The van der Waals surface area contributed by atoms with Gasteiger partial charge in [-0.2, -0.15) is 0 Å². The predicted molar refractivity (Wildman–Crippen MR) is 102 cm³/mol. The zero-order valence-electron chi connectivity index (χ0n) is 16.2. The number of carbonyl (C=O) groups excluding carboxylic acids is 3. The first-order chi connectivity index (χ1) is 12.7. The summed E-state index contributed by atoms with van der Waals surface area (Å²) in [5.74, 6) is -0.775. The van der Waals surface area contributed by atoms with E-state index in [1.54, 1.807) is 4.90 Å². The number of fused-ring (bicyclic) bond motifs is 1. The lowest BCUT2D eigenvalue weighted by atomic mass is 9.93. The van der Waals surface area contributed by atoms with Crippen LogP contribution in [0.5, 0.6) is 0 Å². The van der Waals surface area contributed by atoms with Crippen LogP contribution in [-0.4, -0.2) is 53.7 Å². The summed E-state index contributed by atoms with van der Waals surface area (Å²) in [6.45, 7) is 6.70. The Morgan fingerprint density at radius 3 is 2.70 bits per heavy atom. The first-order valence-electron chi connectivity index (χ1n) is 9.36. The maximum Gasteiger partial charge on any atom is 0.255 e. The fourth-order valence-corrected chi connectivity index (χ4v) is 3.96. The fourth-order valence-electron chi connectivity index (χ4n) is 3.96. The standard InChI is InChI=1S/C20H28N4O3/c1-20(2,11-21)12-23(3)9-13-5-4-6-14-10-24(19(27)17(13)14)15-7-8-16(25)22-18(15)26/h4-6,15H,7-12,21H2,1-3H3,(H,22,25,26). The first-order valence-corrected chi connectivity index (χ1v) is 9.36. The van der Waals surface area contributed by atoms with Crippen molar-refractivity contribution in [3.63, 3.8) is 0 Å². The largest absolute Gasteiger partial charge is 0.330 e. The van der Waals surface area contributed by atoms with E-state index in [0.29, 0.717) is 31.6 Å². The van der Waals surface area contributed by atoms with E-state index in [9.17, 15) is 14.4 Å². The summed E-state index contributed by atoms with van der Waals surface area (Å²) >= 11 is 0. The second kappa shape index (κ2) is 7.40. The SMILES string of the molecule is CN(Cc1cccc2c1C(=O)N(C1CCC(=O)NC1=O)C2)CC(C)(C)CN. The summed E-state index contributed by atoms with van der Waals surface area (Å²) in [6, 6.07) is 5.28. The zero-order valence-corrected chi connectivity index (χ0v) is 16.2. The van der Waals surface area contributed by atoms with E-state index in [4.69, 9.17) is 5.73 Å². The Balaban J connectivity index is 1.78. The third kappa shape index (κ3) is 4.04. The van der Waals surface area contributed by atoms with Gasteiger partial charge in [0, 0.05) is 31.6 Å². The molecule has 0 spiro atoms. The van der Waals surface area contributed by atoms with Crippen LogP contribution >= 0.6 is 0 Å². The third-order valence-electron chi connectivity index (χ3n) is 5.33. The predicted octanol–water partition coefficient (Wildman–Crippen LogP) is 0.864. The van der Waals surface area contributed by atoms with Gasteiger partial charge in [-0.15, -0.1) is 0 Å². The van der Waals surface area contributed by atoms with Crippen molar-refractivity contribution in [3.8, 4) is 0 Å². The molecule has 1 fully saturated rings. The molecule has 7 heteroatoms. The van der Waals surface area contributed by atoms with Crippen molar-refractivity contribution in [2.75, 3.05) is 20.1 Å². The van der Waals surface area contributed by atoms with Crippen LogP contribution in [0.1, 0.15) is 48.2 Å². The Kier molecular flexibility index (Phi) is 5.35. The number of nitrogens with two attached hydrogens (primary N) is 1. The summed E-state index contributed by atoms with van der Waals surface area (Å²) in [5.41, 5.74) is 8.42. The maximum atomic E-state index is 13.1. The van der Waals surface area contributed by atoms with Crippen LogP contribution in [0.3, 0.4) is 0 Å². The Hall–Kier alpha value is -2.25. The van der Waals surface area contributed by atoms with Crippen molar-refractivity contribution in [2.24, 2.45) is 11.1 Å². The van der Waals surface area contributed by atoms with Crippen molar-refractivity contribution >= 4 is 17.7 Å². The number of piperidine rings is 1. The van der Waals surface area contributed by atoms with Gasteiger partial charge in [-0.05, 0) is 36.6 Å². The lowest BCUT2D eigenvalue weighted by molar-refractivity contribution is -0.136. The summed E-state index contributed by atoms with van der Waals surface area (Å²) in [6.07, 6.45) is 0.643. The van der Waals surface area contributed by atoms with Crippen molar-refractivity contribution < 1.29 is 14.4 Å². The van der Waals surface area contributed by atoms with Gasteiger partial charge < -0.3 is 15.5 Å². The van der Waals surface area contributed by atoms with E-state index >= 15 is 0 Å². The van der Waals surface area contributed by atoms with Gasteiger partial charge in [0.05, 0.1) is 0 Å². The highest BCUT2D eigenvalue weighted by Gasteiger charge is 2.40. The monoisotopic (exact) mass is 372 g/mol. The number of nitrogens with one attached hydrogen (secondary N) is 1. The van der Waals surface area contributed by atoms with Crippen LogP contribution in [0.15, 0.2) is 18.2 Å². The molecule has 0 aromatic heterocycles. The number of hydrogen-bond donors (Lipinski definition) is 2. The third-order valence-corrected chi connectivity index (χ3v) is 5.33. The number of hydrogen-bond acceptors (Lipinski definition) is 5. The molecule has 27 heavy (non-hydrogen) atoms. The lowest BCUT2D eigenvalue weighted by Crippen LogP contribution is -2.52. The van der Waals surface area contributed by atoms with Crippen molar-refractivity contribution in [1.29, 1.82) is 0 Å². The van der Waals surface area contributed by atoms with Gasteiger partial charge >= 0.3 is 0 Å². The molecule has 0 radical (unpaired) electrons. The van der Waals surface area contributed by atoms with Gasteiger partial charge in [-0.25, -0.2) is 0 Å². The fraction of sp³-hybridized carbons (Fsp3) is 0.550. The van der Waals surface area contributed by atoms with E-state index in [0.717, 1.165) is 17.7 Å². The van der Waals surface area contributed by atoms with E-state index < -0.39 is 6.04 Å². The first kappa shape index (κ1) is 19.5. The molecule has 1 saturated heterocycles. The number of rotatable bonds is 6. The molecule has 2 aliphatic heterocycles. The second-order valence-corrected chi connectivity index (χ2v) is 8.39. The van der Waals surface area contributed by atoms with Crippen LogP contribution in [0.4, 0.5) is 0 Å². The minimum Gasteiger partial charge on any atom is -0.330 e. The molecule has 0 aliphatic carbocycles. The Morgan fingerprint density at radius 2 is 2.04 bits per heavy atom. The topological polar surface area (TPSA) is 95.7 Å². The van der Waals surface area contributed by atoms with Gasteiger partial charge in [0.1, 0.15) is 6.04 Å². The number of benzene rings is 1. The molecule has 1 unspecified atom stereocenters. The zero-order chi connectivity index (χ0) is 19.8. The van der Waals surface area contributed by atoms with E-state index in [2.05, 4.69) is 24.1 Å². The molecule has 7 nitrogen and oxygen atoms in total. The molecule has 3 N–H and O–H groups in total. The highest BCUT2D eigenvalue weighted by atomic mass is 16.2. The molecule has 2 heterocycles. The average Bonchev–Trinajstić information content (AvgIpc) is 2.92.